The molecule has 0 unspecified atom stereocenters. The van der Waals surface area contributed by atoms with E-state index in [1.165, 1.54) is 0 Å². The lowest BCUT2D eigenvalue weighted by molar-refractivity contribution is 0.830. The van der Waals surface area contributed by atoms with Gasteiger partial charge in [0, 0.05) is 21.9 Å². The number of nitrogens with zero attached hydrogens (tertiary/aromatic N) is 3. The van der Waals surface area contributed by atoms with E-state index in [-0.39, 0.29) is 0 Å². The summed E-state index contributed by atoms with van der Waals surface area (Å²) in [7, 11) is 0. The van der Waals surface area contributed by atoms with E-state index < -0.39 is 0 Å². The molecule has 2 aromatic heterocycles. The minimum atomic E-state index is 0.310. The molecular weight excluding hydrogens is 314 g/mol. The van der Waals surface area contributed by atoms with E-state index in [0.717, 1.165) is 21.4 Å². The van der Waals surface area contributed by atoms with Crippen LogP contribution in [0.4, 0.5) is 0 Å². The molecule has 0 bridgehead atoms. The Kier molecular flexibility index (Phi) is 3.97. The van der Waals surface area contributed by atoms with Crippen LogP contribution < -0.4 is 0 Å². The molecule has 0 aliphatic heterocycles. The van der Waals surface area contributed by atoms with Gasteiger partial charge in [0.15, 0.2) is 5.82 Å². The molecule has 3 nitrogen and oxygen atoms in total. The Bertz CT molecular complexity index is 544. The fraction of sp³-hybridized carbons (Fsp3) is 0.308. The van der Waals surface area contributed by atoms with Crippen molar-refractivity contribution in [2.24, 2.45) is 0 Å². The molecule has 0 fully saturated rings. The van der Waals surface area contributed by atoms with Crippen LogP contribution in [0.25, 0.3) is 11.5 Å². The zero-order chi connectivity index (χ0) is 13.3. The van der Waals surface area contributed by atoms with Gasteiger partial charge in [-0.05, 0) is 40.9 Å². The van der Waals surface area contributed by atoms with E-state index in [2.05, 4.69) is 44.7 Å². The maximum Gasteiger partial charge on any atom is 0.179 e. The Balaban J connectivity index is 2.51. The minimum absolute atomic E-state index is 0.310. The first-order chi connectivity index (χ1) is 8.49. The Morgan fingerprint density at radius 1 is 1.22 bits per heavy atom. The molecule has 0 aliphatic carbocycles. The third kappa shape index (κ3) is 2.70. The van der Waals surface area contributed by atoms with Crippen molar-refractivity contribution < 1.29 is 0 Å². The third-order valence-electron chi connectivity index (χ3n) is 2.62. The number of aromatic nitrogens is 3. The summed E-state index contributed by atoms with van der Waals surface area (Å²) in [5.74, 6) is 0.874. The van der Waals surface area contributed by atoms with E-state index in [4.69, 9.17) is 11.6 Å². The zero-order valence-corrected chi connectivity index (χ0v) is 12.7. The SMILES string of the molecule is Cc1nc(-c2ccc(Br)cn2)nc(Cl)c1C(C)C. The lowest BCUT2D eigenvalue weighted by Gasteiger charge is -2.11. The second-order valence-electron chi connectivity index (χ2n) is 4.35. The molecule has 2 rings (SSSR count). The van der Waals surface area contributed by atoms with E-state index in [0.29, 0.717) is 16.9 Å². The van der Waals surface area contributed by atoms with Gasteiger partial charge in [-0.3, -0.25) is 4.98 Å². The molecule has 2 aromatic rings. The van der Waals surface area contributed by atoms with Crippen LogP contribution in [-0.4, -0.2) is 15.0 Å². The minimum Gasteiger partial charge on any atom is -0.252 e. The van der Waals surface area contributed by atoms with Crippen LogP contribution in [0.15, 0.2) is 22.8 Å². The topological polar surface area (TPSA) is 38.7 Å². The lowest BCUT2D eigenvalue weighted by atomic mass is 10.0. The molecule has 0 atom stereocenters. The number of pyridine rings is 1. The average molecular weight is 327 g/mol. The highest BCUT2D eigenvalue weighted by atomic mass is 79.9. The predicted molar refractivity (Wildman–Crippen MR) is 76.8 cm³/mol. The Morgan fingerprint density at radius 3 is 2.44 bits per heavy atom. The van der Waals surface area contributed by atoms with Crippen molar-refractivity contribution in [3.8, 4) is 11.5 Å². The van der Waals surface area contributed by atoms with Crippen LogP contribution in [0.1, 0.15) is 31.0 Å². The summed E-state index contributed by atoms with van der Waals surface area (Å²) < 4.78 is 0.924. The van der Waals surface area contributed by atoms with Gasteiger partial charge >= 0.3 is 0 Å². The molecular formula is C13H13BrClN3. The molecule has 2 heterocycles. The lowest BCUT2D eigenvalue weighted by Crippen LogP contribution is -2.02. The van der Waals surface area contributed by atoms with Crippen molar-refractivity contribution in [1.29, 1.82) is 0 Å². The number of aryl methyl sites for hydroxylation is 1. The number of hydrogen-bond acceptors (Lipinski definition) is 3. The van der Waals surface area contributed by atoms with E-state index in [1.807, 2.05) is 19.1 Å². The molecule has 0 amide bonds. The second kappa shape index (κ2) is 5.33. The first-order valence-corrected chi connectivity index (χ1v) is 6.82. The summed E-state index contributed by atoms with van der Waals surface area (Å²) in [4.78, 5) is 13.1. The largest absolute Gasteiger partial charge is 0.252 e. The highest BCUT2D eigenvalue weighted by molar-refractivity contribution is 9.10. The van der Waals surface area contributed by atoms with Crippen molar-refractivity contribution in [2.75, 3.05) is 0 Å². The number of hydrogen-bond donors (Lipinski definition) is 0. The quantitative estimate of drug-likeness (QED) is 0.768. The van der Waals surface area contributed by atoms with Gasteiger partial charge in [-0.25, -0.2) is 9.97 Å². The Hall–Kier alpha value is -1.00. The molecule has 0 aromatic carbocycles. The maximum absolute atomic E-state index is 6.22. The van der Waals surface area contributed by atoms with Crippen molar-refractivity contribution >= 4 is 27.5 Å². The fourth-order valence-corrected chi connectivity index (χ4v) is 2.49. The zero-order valence-electron chi connectivity index (χ0n) is 10.4. The van der Waals surface area contributed by atoms with Crippen molar-refractivity contribution in [1.82, 2.24) is 15.0 Å². The van der Waals surface area contributed by atoms with E-state index in [9.17, 15) is 0 Å². The van der Waals surface area contributed by atoms with Crippen LogP contribution in [0.2, 0.25) is 5.15 Å². The van der Waals surface area contributed by atoms with Crippen molar-refractivity contribution in [3.05, 3.63) is 39.2 Å². The summed E-state index contributed by atoms with van der Waals surface area (Å²) >= 11 is 9.57. The molecule has 94 valence electrons. The highest BCUT2D eigenvalue weighted by Gasteiger charge is 2.14. The predicted octanol–water partition coefficient (Wildman–Crippen LogP) is 4.39. The summed E-state index contributed by atoms with van der Waals surface area (Å²) in [6, 6.07) is 3.77. The molecule has 0 saturated heterocycles. The fourth-order valence-electron chi connectivity index (χ4n) is 1.83. The van der Waals surface area contributed by atoms with Crippen LogP contribution in [-0.2, 0) is 0 Å². The van der Waals surface area contributed by atoms with Gasteiger partial charge < -0.3 is 0 Å². The van der Waals surface area contributed by atoms with Crippen LogP contribution in [0.5, 0.6) is 0 Å². The molecule has 0 saturated carbocycles. The van der Waals surface area contributed by atoms with Gasteiger partial charge in [-0.2, -0.15) is 0 Å². The summed E-state index contributed by atoms with van der Waals surface area (Å²) in [5.41, 5.74) is 2.63. The number of halogens is 2. The van der Waals surface area contributed by atoms with Gasteiger partial charge in [0.2, 0.25) is 0 Å². The smallest absolute Gasteiger partial charge is 0.179 e. The summed E-state index contributed by atoms with van der Waals surface area (Å²) in [6.45, 7) is 6.11. The molecule has 5 heteroatoms. The first-order valence-electron chi connectivity index (χ1n) is 5.65. The maximum atomic E-state index is 6.22. The van der Waals surface area contributed by atoms with Crippen LogP contribution in [0.3, 0.4) is 0 Å². The van der Waals surface area contributed by atoms with E-state index in [1.54, 1.807) is 6.20 Å². The van der Waals surface area contributed by atoms with Gasteiger partial charge in [-0.15, -0.1) is 0 Å². The van der Waals surface area contributed by atoms with Gasteiger partial charge in [0.05, 0.1) is 0 Å². The molecule has 0 aliphatic rings. The monoisotopic (exact) mass is 325 g/mol. The normalized spacial score (nSPS) is 11.0. The average Bonchev–Trinajstić information content (AvgIpc) is 2.28. The van der Waals surface area contributed by atoms with Gasteiger partial charge in [0.25, 0.3) is 0 Å². The van der Waals surface area contributed by atoms with Crippen LogP contribution >= 0.6 is 27.5 Å². The molecule has 0 N–H and O–H groups in total. The third-order valence-corrected chi connectivity index (χ3v) is 3.38. The number of rotatable bonds is 2. The van der Waals surface area contributed by atoms with Crippen molar-refractivity contribution in [2.45, 2.75) is 26.7 Å². The summed E-state index contributed by atoms with van der Waals surface area (Å²) in [5, 5.41) is 0.511. The van der Waals surface area contributed by atoms with Crippen LogP contribution in [0, 0.1) is 6.92 Å². The standard InChI is InChI=1S/C13H13BrClN3/c1-7(2)11-8(3)17-13(18-12(11)15)10-5-4-9(14)6-16-10/h4-7H,1-3H3. The first kappa shape index (κ1) is 13.4. The molecule has 18 heavy (non-hydrogen) atoms. The summed E-state index contributed by atoms with van der Waals surface area (Å²) in [6.07, 6.45) is 1.72. The van der Waals surface area contributed by atoms with Gasteiger partial charge in [-0.1, -0.05) is 25.4 Å². The van der Waals surface area contributed by atoms with Crippen molar-refractivity contribution in [3.63, 3.8) is 0 Å². The van der Waals surface area contributed by atoms with E-state index >= 15 is 0 Å². The molecule has 0 spiro atoms. The van der Waals surface area contributed by atoms with Gasteiger partial charge in [0.1, 0.15) is 10.8 Å². The Morgan fingerprint density at radius 2 is 1.94 bits per heavy atom. The highest BCUT2D eigenvalue weighted by Crippen LogP contribution is 2.27. The second-order valence-corrected chi connectivity index (χ2v) is 5.63. The Labute approximate surface area is 120 Å². The molecule has 0 radical (unpaired) electrons.